The van der Waals surface area contributed by atoms with Gasteiger partial charge in [0, 0.05) is 19.0 Å². The zero-order chi connectivity index (χ0) is 16.4. The largest absolute Gasteiger partial charge is 0.419 e. The summed E-state index contributed by atoms with van der Waals surface area (Å²) in [5.41, 5.74) is 1.30. The second-order valence-corrected chi connectivity index (χ2v) is 6.68. The van der Waals surface area contributed by atoms with Crippen molar-refractivity contribution in [3.8, 4) is 0 Å². The molecule has 1 fully saturated rings. The first-order valence-corrected chi connectivity index (χ1v) is 8.44. The van der Waals surface area contributed by atoms with Crippen molar-refractivity contribution in [3.63, 3.8) is 0 Å². The highest BCUT2D eigenvalue weighted by molar-refractivity contribution is 5.77. The van der Waals surface area contributed by atoms with Gasteiger partial charge < -0.3 is 9.73 Å². The van der Waals surface area contributed by atoms with Gasteiger partial charge in [0.25, 0.3) is 0 Å². The molecule has 5 heteroatoms. The molecule has 1 aromatic heterocycles. The molecule has 1 N–H and O–H groups in total. The highest BCUT2D eigenvalue weighted by Crippen LogP contribution is 2.29. The summed E-state index contributed by atoms with van der Waals surface area (Å²) in [6.07, 6.45) is 3.75. The average molecular weight is 316 g/mol. The Kier molecular flexibility index (Phi) is 4.55. The molecule has 0 unspecified atom stereocenters. The van der Waals surface area contributed by atoms with E-state index in [-0.39, 0.29) is 11.9 Å². The predicted molar refractivity (Wildman–Crippen MR) is 89.2 cm³/mol. The summed E-state index contributed by atoms with van der Waals surface area (Å²) in [5.74, 6) is 0.756. The van der Waals surface area contributed by atoms with Gasteiger partial charge in [0.05, 0.1) is 5.52 Å². The molecule has 1 aliphatic carbocycles. The van der Waals surface area contributed by atoms with Crippen LogP contribution in [0.3, 0.4) is 0 Å². The van der Waals surface area contributed by atoms with Crippen LogP contribution in [0.15, 0.2) is 33.5 Å². The van der Waals surface area contributed by atoms with Crippen LogP contribution in [-0.4, -0.2) is 16.5 Å². The van der Waals surface area contributed by atoms with E-state index in [4.69, 9.17) is 4.42 Å². The average Bonchev–Trinajstić information content (AvgIpc) is 2.85. The first-order chi connectivity index (χ1) is 11.1. The number of amides is 1. The van der Waals surface area contributed by atoms with Crippen LogP contribution in [0.5, 0.6) is 0 Å². The molecular formula is C18H24N2O3. The minimum atomic E-state index is -0.404. The summed E-state index contributed by atoms with van der Waals surface area (Å²) in [4.78, 5) is 24.1. The molecule has 1 heterocycles. The lowest BCUT2D eigenvalue weighted by atomic mass is 9.78. The maximum atomic E-state index is 12.2. The van der Waals surface area contributed by atoms with Crippen molar-refractivity contribution < 1.29 is 9.21 Å². The number of carbonyl (C=O) groups is 1. The maximum absolute atomic E-state index is 12.2. The van der Waals surface area contributed by atoms with E-state index in [1.54, 1.807) is 6.07 Å². The zero-order valence-electron chi connectivity index (χ0n) is 13.7. The van der Waals surface area contributed by atoms with Crippen molar-refractivity contribution in [1.29, 1.82) is 0 Å². The molecule has 5 nitrogen and oxygen atoms in total. The van der Waals surface area contributed by atoms with Gasteiger partial charge in [-0.25, -0.2) is 4.79 Å². The van der Waals surface area contributed by atoms with Crippen LogP contribution < -0.4 is 11.1 Å². The van der Waals surface area contributed by atoms with Gasteiger partial charge in [0.1, 0.15) is 0 Å². The fraction of sp³-hybridized carbons (Fsp3) is 0.556. The number of nitrogens with one attached hydrogen (secondary N) is 1. The molecule has 23 heavy (non-hydrogen) atoms. The number of hydrogen-bond acceptors (Lipinski definition) is 3. The van der Waals surface area contributed by atoms with Gasteiger partial charge in [0.2, 0.25) is 5.91 Å². The lowest BCUT2D eigenvalue weighted by Gasteiger charge is -2.34. The number of para-hydroxylation sites is 2. The number of fused-ring (bicyclic) bond motifs is 1. The molecule has 1 saturated carbocycles. The van der Waals surface area contributed by atoms with Gasteiger partial charge in [-0.1, -0.05) is 38.8 Å². The van der Waals surface area contributed by atoms with Crippen LogP contribution >= 0.6 is 0 Å². The topological polar surface area (TPSA) is 64.2 Å². The number of oxazole rings is 1. The summed E-state index contributed by atoms with van der Waals surface area (Å²) < 4.78 is 6.72. The summed E-state index contributed by atoms with van der Waals surface area (Å²) in [6.45, 7) is 4.81. The molecule has 1 amide bonds. The van der Waals surface area contributed by atoms with E-state index in [2.05, 4.69) is 19.2 Å². The molecule has 124 valence electrons. The summed E-state index contributed by atoms with van der Waals surface area (Å²) in [7, 11) is 0. The van der Waals surface area contributed by atoms with Crippen LogP contribution in [-0.2, 0) is 11.3 Å². The Bertz CT molecular complexity index is 746. The van der Waals surface area contributed by atoms with Crippen LogP contribution in [0.2, 0.25) is 0 Å². The number of carbonyl (C=O) groups excluding carboxylic acids is 1. The van der Waals surface area contributed by atoms with Crippen LogP contribution in [0.1, 0.15) is 39.5 Å². The van der Waals surface area contributed by atoms with Crippen LogP contribution in [0, 0.1) is 11.8 Å². The maximum Gasteiger partial charge on any atom is 0.419 e. The Morgan fingerprint density at radius 1 is 1.30 bits per heavy atom. The fourth-order valence-corrected chi connectivity index (χ4v) is 3.50. The molecule has 0 aliphatic heterocycles. The first kappa shape index (κ1) is 15.8. The van der Waals surface area contributed by atoms with Gasteiger partial charge in [-0.3, -0.25) is 9.36 Å². The van der Waals surface area contributed by atoms with E-state index < -0.39 is 5.76 Å². The van der Waals surface area contributed by atoms with E-state index in [1.165, 1.54) is 17.4 Å². The Balaban J connectivity index is 1.62. The lowest BCUT2D eigenvalue weighted by molar-refractivity contribution is -0.122. The monoisotopic (exact) mass is 316 g/mol. The third kappa shape index (κ3) is 3.33. The third-order valence-corrected chi connectivity index (χ3v) is 5.19. The van der Waals surface area contributed by atoms with Crippen molar-refractivity contribution in [3.05, 3.63) is 34.8 Å². The minimum absolute atomic E-state index is 0.00753. The number of aryl methyl sites for hydroxylation is 1. The first-order valence-electron chi connectivity index (χ1n) is 8.44. The van der Waals surface area contributed by atoms with Crippen LogP contribution in [0.4, 0.5) is 0 Å². The van der Waals surface area contributed by atoms with Gasteiger partial charge in [-0.05, 0) is 30.4 Å². The van der Waals surface area contributed by atoms with Crippen LogP contribution in [0.25, 0.3) is 11.1 Å². The molecule has 1 aliphatic rings. The summed E-state index contributed by atoms with van der Waals surface area (Å²) in [5, 5.41) is 3.14. The number of hydrogen-bond donors (Lipinski definition) is 1. The number of nitrogens with zero attached hydrogens (tertiary/aromatic N) is 1. The lowest BCUT2D eigenvalue weighted by Crippen LogP contribution is -2.44. The standard InChI is InChI=1S/C18H24N2O3/c1-12-6-5-7-14(13(12)2)19-17(21)10-11-20-15-8-3-4-9-16(15)23-18(20)22/h3-4,8-9,12-14H,5-7,10-11H2,1-2H3,(H,19,21)/t12-,13+,14-/m1/s1. The van der Waals surface area contributed by atoms with E-state index >= 15 is 0 Å². The summed E-state index contributed by atoms with van der Waals surface area (Å²) in [6, 6.07) is 7.54. The SMILES string of the molecule is C[C@H]1[C@H](C)CCC[C@H]1NC(=O)CCn1c(=O)oc2ccccc21. The van der Waals surface area contributed by atoms with Gasteiger partial charge >= 0.3 is 5.76 Å². The number of rotatable bonds is 4. The van der Waals surface area contributed by atoms with Gasteiger partial charge in [0.15, 0.2) is 5.58 Å². The Hall–Kier alpha value is -2.04. The Labute approximate surface area is 135 Å². The van der Waals surface area contributed by atoms with Gasteiger partial charge in [-0.2, -0.15) is 0 Å². The van der Waals surface area contributed by atoms with Crippen molar-refractivity contribution in [2.75, 3.05) is 0 Å². The normalized spacial score (nSPS) is 24.7. The highest BCUT2D eigenvalue weighted by atomic mass is 16.4. The second-order valence-electron chi connectivity index (χ2n) is 6.68. The number of benzene rings is 1. The van der Waals surface area contributed by atoms with Crippen molar-refractivity contribution in [1.82, 2.24) is 9.88 Å². The molecule has 3 atom stereocenters. The molecule has 2 aromatic rings. The van der Waals surface area contributed by atoms with E-state index in [0.29, 0.717) is 30.4 Å². The van der Waals surface area contributed by atoms with Crippen molar-refractivity contribution in [2.45, 2.75) is 52.1 Å². The molecule has 0 saturated heterocycles. The smallest absolute Gasteiger partial charge is 0.408 e. The van der Waals surface area contributed by atoms with E-state index in [9.17, 15) is 9.59 Å². The van der Waals surface area contributed by atoms with Gasteiger partial charge in [-0.15, -0.1) is 0 Å². The second kappa shape index (κ2) is 6.60. The molecule has 0 spiro atoms. The third-order valence-electron chi connectivity index (χ3n) is 5.19. The molecule has 0 bridgehead atoms. The molecule has 1 aromatic carbocycles. The van der Waals surface area contributed by atoms with E-state index in [0.717, 1.165) is 11.9 Å². The number of aromatic nitrogens is 1. The quantitative estimate of drug-likeness (QED) is 0.943. The molecule has 0 radical (unpaired) electrons. The predicted octanol–water partition coefficient (Wildman–Crippen LogP) is 2.93. The fourth-order valence-electron chi connectivity index (χ4n) is 3.50. The highest BCUT2D eigenvalue weighted by Gasteiger charge is 2.28. The summed E-state index contributed by atoms with van der Waals surface area (Å²) >= 11 is 0. The van der Waals surface area contributed by atoms with Crippen molar-refractivity contribution >= 4 is 17.0 Å². The van der Waals surface area contributed by atoms with E-state index in [1.807, 2.05) is 18.2 Å². The molecule has 3 rings (SSSR count). The molecular weight excluding hydrogens is 292 g/mol. The Morgan fingerprint density at radius 3 is 2.91 bits per heavy atom. The zero-order valence-corrected chi connectivity index (χ0v) is 13.7. The minimum Gasteiger partial charge on any atom is -0.408 e. The Morgan fingerprint density at radius 2 is 2.09 bits per heavy atom. The van der Waals surface area contributed by atoms with Crippen molar-refractivity contribution in [2.24, 2.45) is 11.8 Å².